The van der Waals surface area contributed by atoms with Crippen LogP contribution in [-0.4, -0.2) is 43.4 Å². The fraction of sp³-hybridized carbons (Fsp3) is 0.714. The molecular formula is C14H25N3O3. The highest BCUT2D eigenvalue weighted by Gasteiger charge is 2.12. The van der Waals surface area contributed by atoms with Gasteiger partial charge in [0.25, 0.3) is 5.88 Å². The summed E-state index contributed by atoms with van der Waals surface area (Å²) in [5.74, 6) is 1.64. The Kier molecular flexibility index (Phi) is 8.46. The van der Waals surface area contributed by atoms with Crippen LogP contribution in [0.4, 0.5) is 5.82 Å². The number of rotatable bonds is 11. The maximum Gasteiger partial charge on any atom is 0.262 e. The molecule has 0 radical (unpaired) electrons. The summed E-state index contributed by atoms with van der Waals surface area (Å²) in [6.07, 6.45) is 4.68. The minimum absolute atomic E-state index is 0.445. The Bertz CT molecular complexity index is 375. The van der Waals surface area contributed by atoms with Crippen LogP contribution in [0.25, 0.3) is 0 Å². The Morgan fingerprint density at radius 1 is 1.10 bits per heavy atom. The summed E-state index contributed by atoms with van der Waals surface area (Å²) in [6.45, 7) is 6.81. The molecule has 1 heterocycles. The molecule has 1 aromatic heterocycles. The van der Waals surface area contributed by atoms with E-state index in [1.165, 1.54) is 6.33 Å². The van der Waals surface area contributed by atoms with E-state index in [0.717, 1.165) is 32.4 Å². The Labute approximate surface area is 120 Å². The summed E-state index contributed by atoms with van der Waals surface area (Å²) in [5.41, 5.74) is 0. The Balaban J connectivity index is 2.47. The van der Waals surface area contributed by atoms with Gasteiger partial charge in [0.1, 0.15) is 12.9 Å². The number of unbranched alkanes of at least 4 members (excludes halogenated alkanes) is 1. The first-order valence-electron chi connectivity index (χ1n) is 7.16. The van der Waals surface area contributed by atoms with E-state index in [4.69, 9.17) is 14.2 Å². The molecule has 0 fully saturated rings. The molecule has 0 unspecified atom stereocenters. The van der Waals surface area contributed by atoms with Crippen LogP contribution < -0.4 is 14.8 Å². The van der Waals surface area contributed by atoms with Gasteiger partial charge in [0, 0.05) is 13.2 Å². The van der Waals surface area contributed by atoms with Gasteiger partial charge in [0.15, 0.2) is 5.82 Å². The van der Waals surface area contributed by atoms with Crippen molar-refractivity contribution < 1.29 is 14.2 Å². The van der Waals surface area contributed by atoms with Gasteiger partial charge in [-0.05, 0) is 12.8 Å². The monoisotopic (exact) mass is 283 g/mol. The third-order valence-corrected chi connectivity index (χ3v) is 2.63. The second-order valence-corrected chi connectivity index (χ2v) is 4.30. The summed E-state index contributed by atoms with van der Waals surface area (Å²) < 4.78 is 16.3. The van der Waals surface area contributed by atoms with Crippen LogP contribution in [0.3, 0.4) is 0 Å². The molecule has 1 rings (SSSR count). The van der Waals surface area contributed by atoms with E-state index in [2.05, 4.69) is 29.1 Å². The zero-order valence-corrected chi connectivity index (χ0v) is 12.6. The molecule has 0 saturated heterocycles. The molecule has 0 aromatic carbocycles. The number of anilines is 1. The summed E-state index contributed by atoms with van der Waals surface area (Å²) in [5, 5.41) is 3.19. The largest absolute Gasteiger partial charge is 0.489 e. The first kappa shape index (κ1) is 16.5. The molecule has 0 saturated carbocycles. The highest BCUT2D eigenvalue weighted by molar-refractivity contribution is 5.54. The lowest BCUT2D eigenvalue weighted by Crippen LogP contribution is -2.11. The summed E-state index contributed by atoms with van der Waals surface area (Å²) in [7, 11) is 1.58. The molecular weight excluding hydrogens is 258 g/mol. The van der Waals surface area contributed by atoms with Crippen LogP contribution in [-0.2, 0) is 4.74 Å². The van der Waals surface area contributed by atoms with Crippen molar-refractivity contribution in [2.75, 3.05) is 38.8 Å². The molecule has 0 aliphatic heterocycles. The number of hydrogen-bond acceptors (Lipinski definition) is 6. The van der Waals surface area contributed by atoms with Crippen LogP contribution >= 0.6 is 0 Å². The third-order valence-electron chi connectivity index (χ3n) is 2.63. The van der Waals surface area contributed by atoms with Crippen molar-refractivity contribution >= 4 is 5.82 Å². The fourth-order valence-electron chi connectivity index (χ4n) is 1.56. The van der Waals surface area contributed by atoms with Crippen molar-refractivity contribution in [2.45, 2.75) is 33.1 Å². The van der Waals surface area contributed by atoms with E-state index in [9.17, 15) is 0 Å². The van der Waals surface area contributed by atoms with Crippen LogP contribution in [0.5, 0.6) is 11.6 Å². The van der Waals surface area contributed by atoms with E-state index in [1.54, 1.807) is 7.11 Å². The van der Waals surface area contributed by atoms with E-state index in [1.807, 2.05) is 0 Å². The molecule has 0 atom stereocenters. The number of nitrogens with zero attached hydrogens (tertiary/aromatic N) is 2. The molecule has 0 aliphatic carbocycles. The van der Waals surface area contributed by atoms with Gasteiger partial charge in [-0.2, -0.15) is 4.98 Å². The second kappa shape index (κ2) is 10.3. The van der Waals surface area contributed by atoms with Crippen molar-refractivity contribution in [2.24, 2.45) is 0 Å². The van der Waals surface area contributed by atoms with Gasteiger partial charge in [0.2, 0.25) is 5.75 Å². The maximum absolute atomic E-state index is 5.59. The number of methoxy groups -OCH3 is 1. The van der Waals surface area contributed by atoms with Crippen LogP contribution in [0.1, 0.15) is 33.1 Å². The lowest BCUT2D eigenvalue weighted by molar-refractivity contribution is 0.0953. The Morgan fingerprint density at radius 3 is 2.65 bits per heavy atom. The van der Waals surface area contributed by atoms with Gasteiger partial charge in [-0.3, -0.25) is 0 Å². The van der Waals surface area contributed by atoms with E-state index in [0.29, 0.717) is 30.7 Å². The Morgan fingerprint density at radius 2 is 1.95 bits per heavy atom. The molecule has 0 amide bonds. The molecule has 1 N–H and O–H groups in total. The van der Waals surface area contributed by atoms with Gasteiger partial charge in [-0.1, -0.05) is 20.3 Å². The average Bonchev–Trinajstić information content (AvgIpc) is 2.48. The predicted molar refractivity (Wildman–Crippen MR) is 78.6 cm³/mol. The van der Waals surface area contributed by atoms with Crippen LogP contribution in [0.2, 0.25) is 0 Å². The van der Waals surface area contributed by atoms with Crippen LogP contribution in [0.15, 0.2) is 6.33 Å². The number of aromatic nitrogens is 2. The fourth-order valence-corrected chi connectivity index (χ4v) is 1.56. The average molecular weight is 283 g/mol. The quantitative estimate of drug-likeness (QED) is 0.629. The standard InChI is InChI=1S/C14H25N3O3/c1-4-6-8-19-9-10-20-14-12(18-3)13(15-7-5-2)16-11-17-14/h11H,4-10H2,1-3H3,(H,15,16,17). The molecule has 114 valence electrons. The summed E-state index contributed by atoms with van der Waals surface area (Å²) >= 11 is 0. The summed E-state index contributed by atoms with van der Waals surface area (Å²) in [4.78, 5) is 8.26. The zero-order chi connectivity index (χ0) is 14.6. The summed E-state index contributed by atoms with van der Waals surface area (Å²) in [6, 6.07) is 0. The van der Waals surface area contributed by atoms with Gasteiger partial charge < -0.3 is 19.5 Å². The van der Waals surface area contributed by atoms with Gasteiger partial charge in [-0.15, -0.1) is 0 Å². The van der Waals surface area contributed by atoms with Crippen molar-refractivity contribution in [3.63, 3.8) is 0 Å². The zero-order valence-electron chi connectivity index (χ0n) is 12.6. The molecule has 20 heavy (non-hydrogen) atoms. The lowest BCUT2D eigenvalue weighted by atomic mass is 10.4. The minimum Gasteiger partial charge on any atom is -0.489 e. The second-order valence-electron chi connectivity index (χ2n) is 4.30. The van der Waals surface area contributed by atoms with Crippen molar-refractivity contribution in [1.29, 1.82) is 0 Å². The van der Waals surface area contributed by atoms with Gasteiger partial charge in [0.05, 0.1) is 13.7 Å². The number of ether oxygens (including phenoxy) is 3. The van der Waals surface area contributed by atoms with Crippen molar-refractivity contribution in [3.05, 3.63) is 6.33 Å². The molecule has 6 heteroatoms. The van der Waals surface area contributed by atoms with E-state index in [-0.39, 0.29) is 0 Å². The smallest absolute Gasteiger partial charge is 0.262 e. The topological polar surface area (TPSA) is 65.5 Å². The van der Waals surface area contributed by atoms with Gasteiger partial charge >= 0.3 is 0 Å². The molecule has 0 spiro atoms. The minimum atomic E-state index is 0.445. The predicted octanol–water partition coefficient (Wildman–Crippen LogP) is 2.50. The molecule has 0 aliphatic rings. The van der Waals surface area contributed by atoms with Crippen molar-refractivity contribution in [1.82, 2.24) is 9.97 Å². The van der Waals surface area contributed by atoms with E-state index < -0.39 is 0 Å². The number of nitrogens with one attached hydrogen (secondary N) is 1. The first-order valence-corrected chi connectivity index (χ1v) is 7.16. The number of hydrogen-bond donors (Lipinski definition) is 1. The SMILES string of the molecule is CCCCOCCOc1ncnc(NCCC)c1OC. The third kappa shape index (κ3) is 5.61. The molecule has 6 nitrogen and oxygen atoms in total. The molecule has 0 bridgehead atoms. The highest BCUT2D eigenvalue weighted by Crippen LogP contribution is 2.30. The maximum atomic E-state index is 5.59. The highest BCUT2D eigenvalue weighted by atomic mass is 16.5. The Hall–Kier alpha value is -1.56. The van der Waals surface area contributed by atoms with Crippen molar-refractivity contribution in [3.8, 4) is 11.6 Å². The normalized spacial score (nSPS) is 10.3. The lowest BCUT2D eigenvalue weighted by Gasteiger charge is -2.13. The molecule has 1 aromatic rings. The van der Waals surface area contributed by atoms with Crippen LogP contribution in [0, 0.1) is 0 Å². The first-order chi connectivity index (χ1) is 9.83. The van der Waals surface area contributed by atoms with E-state index >= 15 is 0 Å². The van der Waals surface area contributed by atoms with Gasteiger partial charge in [-0.25, -0.2) is 4.98 Å².